The maximum absolute atomic E-state index is 12.6. The van der Waals surface area contributed by atoms with E-state index >= 15 is 0 Å². The zero-order valence-electron chi connectivity index (χ0n) is 9.67. The van der Waals surface area contributed by atoms with Crippen LogP contribution >= 0.6 is 0 Å². The van der Waals surface area contributed by atoms with Crippen LogP contribution in [0.3, 0.4) is 0 Å². The predicted octanol–water partition coefficient (Wildman–Crippen LogP) is 3.39. The summed E-state index contributed by atoms with van der Waals surface area (Å²) in [7, 11) is 0. The van der Waals surface area contributed by atoms with Crippen LogP contribution in [0, 0.1) is 10.1 Å². The summed E-state index contributed by atoms with van der Waals surface area (Å²) < 4.78 is 17.9. The Bertz CT molecular complexity index is 507. The molecule has 1 aromatic carbocycles. The average molecular weight is 250 g/mol. The fourth-order valence-electron chi connectivity index (χ4n) is 1.09. The first-order valence-electron chi connectivity index (χ1n) is 4.96. The number of aliphatic imine (C=N–C) groups is 1. The molecule has 0 saturated carbocycles. The fraction of sp³-hybridized carbons (Fsp3) is 0.0833. The molecule has 0 spiro atoms. The average Bonchev–Trinajstić information content (AvgIpc) is 2.36. The molecule has 0 N–H and O–H groups in total. The first-order valence-corrected chi connectivity index (χ1v) is 4.96. The van der Waals surface area contributed by atoms with Crippen molar-refractivity contribution >= 4 is 12.4 Å². The van der Waals surface area contributed by atoms with E-state index in [0.29, 0.717) is 11.5 Å². The van der Waals surface area contributed by atoms with Crippen molar-refractivity contribution in [3.63, 3.8) is 0 Å². The first-order chi connectivity index (χ1) is 8.52. The molecule has 0 aliphatic heterocycles. The van der Waals surface area contributed by atoms with Crippen LogP contribution in [0.1, 0.15) is 6.92 Å². The molecular formula is C12H11FN2O3. The molecule has 0 aromatic heterocycles. The SMILES string of the molecule is C=N/C(F)=C\C=C(/C)Oc1ccc([N+](=O)[O-])cc1. The molecule has 0 aliphatic rings. The second kappa shape index (κ2) is 6.29. The minimum atomic E-state index is -0.721. The van der Waals surface area contributed by atoms with Crippen molar-refractivity contribution in [1.82, 2.24) is 0 Å². The van der Waals surface area contributed by atoms with Crippen LogP contribution in [0.25, 0.3) is 0 Å². The molecule has 0 unspecified atom stereocenters. The molecule has 0 bridgehead atoms. The van der Waals surface area contributed by atoms with Crippen molar-refractivity contribution in [1.29, 1.82) is 0 Å². The Balaban J connectivity index is 2.73. The number of nitrogens with zero attached hydrogens (tertiary/aromatic N) is 2. The monoisotopic (exact) mass is 250 g/mol. The summed E-state index contributed by atoms with van der Waals surface area (Å²) in [4.78, 5) is 13.0. The number of hydrogen-bond acceptors (Lipinski definition) is 4. The minimum absolute atomic E-state index is 0.0224. The lowest BCUT2D eigenvalue weighted by Crippen LogP contribution is -1.91. The van der Waals surface area contributed by atoms with Crippen molar-refractivity contribution in [3.05, 3.63) is 58.2 Å². The third-order valence-corrected chi connectivity index (χ3v) is 1.93. The van der Waals surface area contributed by atoms with E-state index in [-0.39, 0.29) is 5.69 Å². The number of non-ortho nitro benzene ring substituents is 1. The molecule has 1 aromatic rings. The molecule has 6 heteroatoms. The van der Waals surface area contributed by atoms with Gasteiger partial charge in [0.05, 0.1) is 4.92 Å². The second-order valence-corrected chi connectivity index (χ2v) is 3.28. The molecule has 0 radical (unpaired) electrons. The Morgan fingerprint density at radius 3 is 2.56 bits per heavy atom. The Morgan fingerprint density at radius 1 is 1.44 bits per heavy atom. The standard InChI is InChI=1S/C12H11FN2O3/c1-9(3-8-12(13)14-2)18-11-6-4-10(5-7-11)15(16)17/h3-8H,2H2,1H3/b9-3+,12-8-. The van der Waals surface area contributed by atoms with Crippen LogP contribution in [0.2, 0.25) is 0 Å². The fourth-order valence-corrected chi connectivity index (χ4v) is 1.09. The topological polar surface area (TPSA) is 64.7 Å². The molecule has 0 atom stereocenters. The lowest BCUT2D eigenvalue weighted by atomic mass is 10.3. The van der Waals surface area contributed by atoms with Gasteiger partial charge in [-0.1, -0.05) is 0 Å². The summed E-state index contributed by atoms with van der Waals surface area (Å²) in [5.41, 5.74) is -0.0224. The number of ether oxygens (including phenoxy) is 1. The normalized spacial score (nSPS) is 12.1. The van der Waals surface area contributed by atoms with Crippen molar-refractivity contribution < 1.29 is 14.1 Å². The van der Waals surface area contributed by atoms with Gasteiger partial charge in [-0.3, -0.25) is 10.1 Å². The van der Waals surface area contributed by atoms with Crippen molar-refractivity contribution in [2.45, 2.75) is 6.92 Å². The lowest BCUT2D eigenvalue weighted by molar-refractivity contribution is -0.384. The van der Waals surface area contributed by atoms with E-state index in [9.17, 15) is 14.5 Å². The molecule has 0 saturated heterocycles. The lowest BCUT2D eigenvalue weighted by Gasteiger charge is -2.04. The van der Waals surface area contributed by atoms with Gasteiger partial charge in [-0.15, -0.1) is 0 Å². The molecular weight excluding hydrogens is 239 g/mol. The van der Waals surface area contributed by atoms with Crippen LogP contribution in [0.4, 0.5) is 10.1 Å². The zero-order valence-corrected chi connectivity index (χ0v) is 9.67. The predicted molar refractivity (Wildman–Crippen MR) is 66.2 cm³/mol. The first kappa shape index (κ1) is 13.6. The third-order valence-electron chi connectivity index (χ3n) is 1.93. The number of rotatable bonds is 5. The van der Waals surface area contributed by atoms with Crippen molar-refractivity contribution in [2.24, 2.45) is 4.99 Å². The van der Waals surface area contributed by atoms with Gasteiger partial charge in [0.1, 0.15) is 11.5 Å². The van der Waals surface area contributed by atoms with Gasteiger partial charge in [0, 0.05) is 12.1 Å². The van der Waals surface area contributed by atoms with E-state index in [1.807, 2.05) is 0 Å². The molecule has 0 heterocycles. The largest absolute Gasteiger partial charge is 0.462 e. The highest BCUT2D eigenvalue weighted by Gasteiger charge is 2.04. The summed E-state index contributed by atoms with van der Waals surface area (Å²) in [6, 6.07) is 5.57. The van der Waals surface area contributed by atoms with E-state index < -0.39 is 10.9 Å². The molecule has 0 aliphatic carbocycles. The highest BCUT2D eigenvalue weighted by molar-refractivity contribution is 5.36. The Kier molecular flexibility index (Phi) is 4.74. The summed E-state index contributed by atoms with van der Waals surface area (Å²) in [6.07, 6.45) is 2.49. The quantitative estimate of drug-likeness (QED) is 0.201. The van der Waals surface area contributed by atoms with E-state index in [1.54, 1.807) is 6.92 Å². The van der Waals surface area contributed by atoms with Gasteiger partial charge in [-0.2, -0.15) is 4.39 Å². The number of nitro benzene ring substituents is 1. The van der Waals surface area contributed by atoms with Gasteiger partial charge in [0.15, 0.2) is 0 Å². The van der Waals surface area contributed by atoms with Crippen LogP contribution < -0.4 is 4.74 Å². The molecule has 5 nitrogen and oxygen atoms in total. The molecule has 94 valence electrons. The van der Waals surface area contributed by atoms with E-state index in [4.69, 9.17) is 4.74 Å². The number of halogens is 1. The van der Waals surface area contributed by atoms with Gasteiger partial charge >= 0.3 is 0 Å². The maximum atomic E-state index is 12.6. The smallest absolute Gasteiger partial charge is 0.269 e. The van der Waals surface area contributed by atoms with Gasteiger partial charge in [0.2, 0.25) is 5.95 Å². The Morgan fingerprint density at radius 2 is 2.06 bits per heavy atom. The van der Waals surface area contributed by atoms with Crippen molar-refractivity contribution in [2.75, 3.05) is 0 Å². The van der Waals surface area contributed by atoms with Gasteiger partial charge in [0.25, 0.3) is 5.69 Å². The van der Waals surface area contributed by atoms with Gasteiger partial charge < -0.3 is 4.74 Å². The van der Waals surface area contributed by atoms with Crippen LogP contribution in [0.5, 0.6) is 5.75 Å². The van der Waals surface area contributed by atoms with E-state index in [0.717, 1.165) is 6.08 Å². The van der Waals surface area contributed by atoms with Crippen molar-refractivity contribution in [3.8, 4) is 5.75 Å². The third kappa shape index (κ3) is 4.17. The Labute approximate surface area is 103 Å². The van der Waals surface area contributed by atoms with Crippen LogP contribution in [-0.4, -0.2) is 11.6 Å². The van der Waals surface area contributed by atoms with Gasteiger partial charge in [-0.25, -0.2) is 4.99 Å². The number of nitro groups is 1. The summed E-state index contributed by atoms with van der Waals surface area (Å²) in [5, 5.41) is 10.4. The molecule has 0 amide bonds. The number of benzene rings is 1. The molecule has 0 fully saturated rings. The number of hydrogen-bond donors (Lipinski definition) is 0. The van der Waals surface area contributed by atoms with Gasteiger partial charge in [-0.05, 0) is 37.9 Å². The molecule has 18 heavy (non-hydrogen) atoms. The highest BCUT2D eigenvalue weighted by Crippen LogP contribution is 2.19. The number of allylic oxidation sites excluding steroid dienone is 3. The second-order valence-electron chi connectivity index (χ2n) is 3.28. The maximum Gasteiger partial charge on any atom is 0.269 e. The van der Waals surface area contributed by atoms with Crippen LogP contribution in [0.15, 0.2) is 53.1 Å². The van der Waals surface area contributed by atoms with Crippen LogP contribution in [-0.2, 0) is 0 Å². The minimum Gasteiger partial charge on any atom is -0.462 e. The summed E-state index contributed by atoms with van der Waals surface area (Å²) >= 11 is 0. The molecule has 1 rings (SSSR count). The highest BCUT2D eigenvalue weighted by atomic mass is 19.1. The summed E-state index contributed by atoms with van der Waals surface area (Å²) in [5.74, 6) is 0.124. The summed E-state index contributed by atoms with van der Waals surface area (Å²) in [6.45, 7) is 4.64. The van der Waals surface area contributed by atoms with E-state index in [1.165, 1.54) is 30.3 Å². The zero-order chi connectivity index (χ0) is 13.5. The van der Waals surface area contributed by atoms with E-state index in [2.05, 4.69) is 11.7 Å². The Hall–Kier alpha value is -2.50.